The Morgan fingerprint density at radius 1 is 0.839 bits per heavy atom. The van der Waals surface area contributed by atoms with Crippen LogP contribution >= 0.6 is 0 Å². The molecule has 2 aromatic carbocycles. The molecular formula is C24H32N4O3. The zero-order chi connectivity index (χ0) is 22.8. The summed E-state index contributed by atoms with van der Waals surface area (Å²) in [5.74, 6) is -0.498. The molecule has 0 aliphatic rings. The van der Waals surface area contributed by atoms with Gasteiger partial charge in [-0.3, -0.25) is 19.3 Å². The number of aryl methyl sites for hydroxylation is 1. The third kappa shape index (κ3) is 7.22. The quantitative estimate of drug-likeness (QED) is 0.614. The number of anilines is 2. The number of carbonyl (C=O) groups is 3. The van der Waals surface area contributed by atoms with E-state index in [0.29, 0.717) is 24.3 Å². The highest BCUT2D eigenvalue weighted by Crippen LogP contribution is 2.15. The van der Waals surface area contributed by atoms with E-state index < -0.39 is 0 Å². The number of nitrogens with one attached hydrogen (secondary N) is 2. The Bertz CT molecular complexity index is 909. The topological polar surface area (TPSA) is 81.8 Å². The summed E-state index contributed by atoms with van der Waals surface area (Å²) in [5.41, 5.74) is 2.94. The highest BCUT2D eigenvalue weighted by Gasteiger charge is 2.15. The fourth-order valence-corrected chi connectivity index (χ4v) is 3.31. The van der Waals surface area contributed by atoms with Gasteiger partial charge in [-0.15, -0.1) is 0 Å². The molecule has 7 nitrogen and oxygen atoms in total. The van der Waals surface area contributed by atoms with Crippen LogP contribution in [0.25, 0.3) is 0 Å². The van der Waals surface area contributed by atoms with Crippen molar-refractivity contribution in [3.8, 4) is 0 Å². The summed E-state index contributed by atoms with van der Waals surface area (Å²) in [6.45, 7) is 7.29. The lowest BCUT2D eigenvalue weighted by molar-refractivity contribution is -0.119. The number of nitrogens with zero attached hydrogens (tertiary/aromatic N) is 2. The van der Waals surface area contributed by atoms with Crippen molar-refractivity contribution >= 4 is 29.1 Å². The number of likely N-dealkylation sites (N-methyl/N-ethyl adjacent to an activating group) is 1. The molecular weight excluding hydrogens is 392 g/mol. The lowest BCUT2D eigenvalue weighted by Gasteiger charge is -2.19. The maximum absolute atomic E-state index is 12.5. The van der Waals surface area contributed by atoms with Crippen LogP contribution in [0.5, 0.6) is 0 Å². The van der Waals surface area contributed by atoms with Crippen LogP contribution in [0.1, 0.15) is 36.7 Å². The van der Waals surface area contributed by atoms with E-state index in [-0.39, 0.29) is 30.8 Å². The fourth-order valence-electron chi connectivity index (χ4n) is 3.31. The Morgan fingerprint density at radius 2 is 1.48 bits per heavy atom. The Morgan fingerprint density at radius 3 is 2.13 bits per heavy atom. The van der Waals surface area contributed by atoms with Crippen LogP contribution in [0.15, 0.2) is 48.5 Å². The zero-order valence-electron chi connectivity index (χ0n) is 18.8. The van der Waals surface area contributed by atoms with Gasteiger partial charge in [0.1, 0.15) is 0 Å². The molecule has 7 heteroatoms. The van der Waals surface area contributed by atoms with E-state index in [1.807, 2.05) is 45.0 Å². The van der Waals surface area contributed by atoms with Crippen molar-refractivity contribution in [3.05, 3.63) is 59.7 Å². The zero-order valence-corrected chi connectivity index (χ0v) is 18.8. The summed E-state index contributed by atoms with van der Waals surface area (Å²) in [6, 6.07) is 14.6. The second-order valence-corrected chi connectivity index (χ2v) is 7.34. The van der Waals surface area contributed by atoms with Gasteiger partial charge in [0.2, 0.25) is 11.8 Å². The molecule has 0 heterocycles. The molecule has 3 amide bonds. The van der Waals surface area contributed by atoms with Gasteiger partial charge in [-0.1, -0.05) is 31.2 Å². The van der Waals surface area contributed by atoms with Gasteiger partial charge in [0.15, 0.2) is 0 Å². The molecule has 0 spiro atoms. The Hall–Kier alpha value is -3.19. The minimum absolute atomic E-state index is 0.0526. The van der Waals surface area contributed by atoms with Gasteiger partial charge in [-0.25, -0.2) is 0 Å². The molecule has 0 aliphatic heterocycles. The minimum Gasteiger partial charge on any atom is -0.339 e. The monoisotopic (exact) mass is 424 g/mol. The van der Waals surface area contributed by atoms with E-state index in [0.717, 1.165) is 17.7 Å². The third-order valence-electron chi connectivity index (χ3n) is 4.94. The lowest BCUT2D eigenvalue weighted by atomic mass is 10.1. The number of hydrogen-bond donors (Lipinski definition) is 2. The van der Waals surface area contributed by atoms with Crippen LogP contribution < -0.4 is 10.6 Å². The van der Waals surface area contributed by atoms with Gasteiger partial charge in [-0.05, 0) is 57.1 Å². The lowest BCUT2D eigenvalue weighted by Crippen LogP contribution is -2.36. The van der Waals surface area contributed by atoms with Gasteiger partial charge in [0, 0.05) is 30.0 Å². The first-order chi connectivity index (χ1) is 14.9. The van der Waals surface area contributed by atoms with Gasteiger partial charge < -0.3 is 15.5 Å². The van der Waals surface area contributed by atoms with E-state index in [4.69, 9.17) is 0 Å². The van der Waals surface area contributed by atoms with Gasteiger partial charge in [0.05, 0.1) is 13.1 Å². The first-order valence-corrected chi connectivity index (χ1v) is 10.6. The number of hydrogen-bond acceptors (Lipinski definition) is 4. The van der Waals surface area contributed by atoms with Crippen molar-refractivity contribution in [2.45, 2.75) is 27.2 Å². The van der Waals surface area contributed by atoms with Crippen LogP contribution in [0, 0.1) is 0 Å². The van der Waals surface area contributed by atoms with Crippen molar-refractivity contribution in [2.24, 2.45) is 0 Å². The number of carbonyl (C=O) groups excluding carboxylic acids is 3. The minimum atomic E-state index is -0.253. The van der Waals surface area contributed by atoms with Gasteiger partial charge in [0.25, 0.3) is 5.91 Å². The van der Waals surface area contributed by atoms with Crippen LogP contribution in [0.4, 0.5) is 11.4 Å². The largest absolute Gasteiger partial charge is 0.339 e. The summed E-state index contributed by atoms with van der Waals surface area (Å²) in [4.78, 5) is 40.6. The first kappa shape index (κ1) is 24.1. The smallest absolute Gasteiger partial charge is 0.253 e. The molecule has 0 aromatic heterocycles. The summed E-state index contributed by atoms with van der Waals surface area (Å²) < 4.78 is 0. The molecule has 0 aliphatic carbocycles. The average Bonchev–Trinajstić information content (AvgIpc) is 2.74. The predicted octanol–water partition coefficient (Wildman–Crippen LogP) is 3.24. The van der Waals surface area contributed by atoms with Crippen molar-refractivity contribution in [1.82, 2.24) is 9.80 Å². The Kier molecular flexibility index (Phi) is 9.21. The Labute approximate surface area is 184 Å². The van der Waals surface area contributed by atoms with Crippen LogP contribution in [-0.2, 0) is 16.0 Å². The van der Waals surface area contributed by atoms with Crippen molar-refractivity contribution in [2.75, 3.05) is 43.9 Å². The second kappa shape index (κ2) is 11.9. The molecule has 0 saturated carbocycles. The highest BCUT2D eigenvalue weighted by atomic mass is 16.2. The molecule has 0 atom stereocenters. The van der Waals surface area contributed by atoms with Crippen LogP contribution in [0.3, 0.4) is 0 Å². The molecule has 2 rings (SSSR count). The first-order valence-electron chi connectivity index (χ1n) is 10.6. The standard InChI is InChI=1S/C24H32N4O3/c1-5-18-11-8-9-14-21(18)26-23(30)17-27(4)16-22(29)25-20-13-10-12-19(15-20)24(31)28(6-2)7-3/h8-15H,5-7,16-17H2,1-4H3,(H,25,29)(H,26,30). The molecule has 0 unspecified atom stereocenters. The van der Waals surface area contributed by atoms with Crippen molar-refractivity contribution < 1.29 is 14.4 Å². The van der Waals surface area contributed by atoms with Gasteiger partial charge in [-0.2, -0.15) is 0 Å². The molecule has 0 bridgehead atoms. The normalized spacial score (nSPS) is 10.6. The van der Waals surface area contributed by atoms with Crippen LogP contribution in [0.2, 0.25) is 0 Å². The van der Waals surface area contributed by atoms with Gasteiger partial charge >= 0.3 is 0 Å². The molecule has 0 fully saturated rings. The summed E-state index contributed by atoms with van der Waals surface area (Å²) in [7, 11) is 1.71. The summed E-state index contributed by atoms with van der Waals surface area (Å²) >= 11 is 0. The van der Waals surface area contributed by atoms with E-state index in [9.17, 15) is 14.4 Å². The molecule has 2 aromatic rings. The maximum Gasteiger partial charge on any atom is 0.253 e. The van der Waals surface area contributed by atoms with Crippen molar-refractivity contribution in [3.63, 3.8) is 0 Å². The van der Waals surface area contributed by atoms with E-state index in [2.05, 4.69) is 10.6 Å². The molecule has 166 valence electrons. The average molecular weight is 425 g/mol. The highest BCUT2D eigenvalue weighted by molar-refractivity contribution is 5.98. The third-order valence-corrected chi connectivity index (χ3v) is 4.94. The van der Waals surface area contributed by atoms with Crippen molar-refractivity contribution in [1.29, 1.82) is 0 Å². The SMILES string of the molecule is CCc1ccccc1NC(=O)CN(C)CC(=O)Nc1cccc(C(=O)N(CC)CC)c1. The van der Waals surface area contributed by atoms with E-state index in [1.54, 1.807) is 41.1 Å². The molecule has 0 saturated heterocycles. The van der Waals surface area contributed by atoms with E-state index in [1.165, 1.54) is 0 Å². The van der Waals surface area contributed by atoms with Crippen LogP contribution in [-0.4, -0.2) is 60.7 Å². The number of amides is 3. The molecule has 0 radical (unpaired) electrons. The fraction of sp³-hybridized carbons (Fsp3) is 0.375. The summed E-state index contributed by atoms with van der Waals surface area (Å²) in [6.07, 6.45) is 0.824. The molecule has 31 heavy (non-hydrogen) atoms. The Balaban J connectivity index is 1.90. The number of benzene rings is 2. The second-order valence-electron chi connectivity index (χ2n) is 7.34. The number of para-hydroxylation sites is 1. The predicted molar refractivity (Wildman–Crippen MR) is 124 cm³/mol. The molecule has 2 N–H and O–H groups in total. The maximum atomic E-state index is 12.5. The summed E-state index contributed by atoms with van der Waals surface area (Å²) in [5, 5.41) is 5.70. The number of rotatable bonds is 10. The van der Waals surface area contributed by atoms with E-state index >= 15 is 0 Å².